The maximum absolute atomic E-state index is 11.7. The van der Waals surface area contributed by atoms with Crippen molar-refractivity contribution in [3.05, 3.63) is 29.8 Å². The van der Waals surface area contributed by atoms with Gasteiger partial charge < -0.3 is 5.32 Å². The first-order chi connectivity index (χ1) is 7.18. The van der Waals surface area contributed by atoms with Gasteiger partial charge >= 0.3 is 0 Å². The minimum atomic E-state index is -0.179. The summed E-state index contributed by atoms with van der Waals surface area (Å²) in [4.78, 5) is 11.7. The molecule has 0 aliphatic carbocycles. The number of H-pyrrole nitrogens is 1. The highest BCUT2D eigenvalue weighted by atomic mass is 16.1. The fourth-order valence-corrected chi connectivity index (χ4v) is 1.24. The van der Waals surface area contributed by atoms with Crippen molar-refractivity contribution < 1.29 is 4.79 Å². The summed E-state index contributed by atoms with van der Waals surface area (Å²) in [5, 5.41) is 13.1. The lowest BCUT2D eigenvalue weighted by atomic mass is 10.2. The van der Waals surface area contributed by atoms with Crippen LogP contribution in [0.25, 0.3) is 0 Å². The van der Waals surface area contributed by atoms with E-state index in [-0.39, 0.29) is 5.91 Å². The number of carbonyl (C=O) groups excluding carboxylic acids is 1. The van der Waals surface area contributed by atoms with Crippen LogP contribution in [0.4, 0.5) is 5.69 Å². The van der Waals surface area contributed by atoms with Gasteiger partial charge in [-0.05, 0) is 6.92 Å². The van der Waals surface area contributed by atoms with Crippen LogP contribution in [0, 0.1) is 6.92 Å². The van der Waals surface area contributed by atoms with Crippen LogP contribution >= 0.6 is 0 Å². The Morgan fingerprint density at radius 2 is 2.33 bits per heavy atom. The number of hydrogen-bond donors (Lipinski definition) is 2. The SMILES string of the molecule is Cc1c(C(=O)Nc2cn[nH]c2)cnn1C. The molecule has 2 heterocycles. The number of amides is 1. The first kappa shape index (κ1) is 9.45. The van der Waals surface area contributed by atoms with Gasteiger partial charge in [0, 0.05) is 18.9 Å². The predicted molar refractivity (Wildman–Crippen MR) is 54.5 cm³/mol. The molecule has 2 aromatic rings. The van der Waals surface area contributed by atoms with Gasteiger partial charge in [0.2, 0.25) is 0 Å². The molecule has 0 aliphatic rings. The Hall–Kier alpha value is -2.11. The molecule has 0 atom stereocenters. The van der Waals surface area contributed by atoms with Gasteiger partial charge in [0.1, 0.15) is 0 Å². The van der Waals surface area contributed by atoms with Crippen LogP contribution in [-0.4, -0.2) is 25.9 Å². The van der Waals surface area contributed by atoms with E-state index in [9.17, 15) is 4.79 Å². The van der Waals surface area contributed by atoms with Gasteiger partial charge in [0.05, 0.1) is 23.6 Å². The van der Waals surface area contributed by atoms with Crippen molar-refractivity contribution in [1.29, 1.82) is 0 Å². The van der Waals surface area contributed by atoms with E-state index in [1.807, 2.05) is 6.92 Å². The number of carbonyl (C=O) groups is 1. The number of anilines is 1. The molecule has 6 heteroatoms. The highest BCUT2D eigenvalue weighted by molar-refractivity contribution is 6.04. The lowest BCUT2D eigenvalue weighted by Gasteiger charge is -2.00. The monoisotopic (exact) mass is 205 g/mol. The molecule has 2 N–H and O–H groups in total. The molecule has 1 amide bonds. The van der Waals surface area contributed by atoms with Gasteiger partial charge in [0.15, 0.2) is 0 Å². The topological polar surface area (TPSA) is 75.6 Å². The normalized spacial score (nSPS) is 10.3. The van der Waals surface area contributed by atoms with Crippen molar-refractivity contribution in [3.63, 3.8) is 0 Å². The van der Waals surface area contributed by atoms with Gasteiger partial charge in [-0.1, -0.05) is 0 Å². The van der Waals surface area contributed by atoms with Crippen LogP contribution in [0.1, 0.15) is 16.1 Å². The van der Waals surface area contributed by atoms with Crippen molar-refractivity contribution in [3.8, 4) is 0 Å². The largest absolute Gasteiger partial charge is 0.319 e. The number of hydrogen-bond acceptors (Lipinski definition) is 3. The Kier molecular flexibility index (Phi) is 2.24. The van der Waals surface area contributed by atoms with E-state index in [4.69, 9.17) is 0 Å². The van der Waals surface area contributed by atoms with Gasteiger partial charge in [-0.25, -0.2) is 0 Å². The molecule has 15 heavy (non-hydrogen) atoms. The first-order valence-electron chi connectivity index (χ1n) is 4.47. The molecule has 2 rings (SSSR count). The molecule has 0 unspecified atom stereocenters. The zero-order valence-corrected chi connectivity index (χ0v) is 8.48. The van der Waals surface area contributed by atoms with Crippen LogP contribution < -0.4 is 5.32 Å². The van der Waals surface area contributed by atoms with Gasteiger partial charge in [0.25, 0.3) is 5.91 Å². The van der Waals surface area contributed by atoms with Crippen LogP contribution in [0.15, 0.2) is 18.6 Å². The highest BCUT2D eigenvalue weighted by Crippen LogP contribution is 2.09. The maximum Gasteiger partial charge on any atom is 0.259 e. The number of rotatable bonds is 2. The molecule has 0 saturated heterocycles. The Balaban J connectivity index is 2.19. The van der Waals surface area contributed by atoms with Crippen molar-refractivity contribution in [2.75, 3.05) is 5.32 Å². The lowest BCUT2D eigenvalue weighted by molar-refractivity contribution is 0.102. The van der Waals surface area contributed by atoms with Gasteiger partial charge in [-0.3, -0.25) is 14.6 Å². The number of aromatic nitrogens is 4. The summed E-state index contributed by atoms with van der Waals surface area (Å²) < 4.78 is 1.66. The molecule has 0 spiro atoms. The third-order valence-corrected chi connectivity index (χ3v) is 2.24. The minimum absolute atomic E-state index is 0.179. The molecule has 0 saturated carbocycles. The van der Waals surface area contributed by atoms with Crippen molar-refractivity contribution in [1.82, 2.24) is 20.0 Å². The van der Waals surface area contributed by atoms with E-state index in [0.29, 0.717) is 11.3 Å². The maximum atomic E-state index is 11.7. The summed E-state index contributed by atoms with van der Waals surface area (Å²) in [6, 6.07) is 0. The van der Waals surface area contributed by atoms with Gasteiger partial charge in [-0.2, -0.15) is 10.2 Å². The van der Waals surface area contributed by atoms with Crippen LogP contribution in [0.2, 0.25) is 0 Å². The van der Waals surface area contributed by atoms with E-state index in [2.05, 4.69) is 20.6 Å². The van der Waals surface area contributed by atoms with Crippen LogP contribution in [-0.2, 0) is 7.05 Å². The summed E-state index contributed by atoms with van der Waals surface area (Å²) in [6.45, 7) is 1.84. The Labute approximate surface area is 86.3 Å². The Morgan fingerprint density at radius 1 is 1.53 bits per heavy atom. The molecular formula is C9H11N5O. The minimum Gasteiger partial charge on any atom is -0.319 e. The van der Waals surface area contributed by atoms with Gasteiger partial charge in [-0.15, -0.1) is 0 Å². The summed E-state index contributed by atoms with van der Waals surface area (Å²) in [6.07, 6.45) is 4.71. The first-order valence-corrected chi connectivity index (χ1v) is 4.47. The number of nitrogens with one attached hydrogen (secondary N) is 2. The zero-order chi connectivity index (χ0) is 10.8. The van der Waals surface area contributed by atoms with Crippen molar-refractivity contribution in [2.24, 2.45) is 7.05 Å². The third kappa shape index (κ3) is 1.74. The van der Waals surface area contributed by atoms with Crippen LogP contribution in [0.5, 0.6) is 0 Å². The molecule has 0 fully saturated rings. The number of nitrogens with zero attached hydrogens (tertiary/aromatic N) is 3. The molecule has 2 aromatic heterocycles. The quantitative estimate of drug-likeness (QED) is 0.757. The Bertz CT molecular complexity index is 471. The number of aromatic amines is 1. The average Bonchev–Trinajstić information content (AvgIpc) is 2.79. The van der Waals surface area contributed by atoms with Crippen molar-refractivity contribution in [2.45, 2.75) is 6.92 Å². The van der Waals surface area contributed by atoms with E-state index in [1.165, 1.54) is 0 Å². The fourth-order valence-electron chi connectivity index (χ4n) is 1.24. The molecule has 0 aromatic carbocycles. The zero-order valence-electron chi connectivity index (χ0n) is 8.48. The molecule has 0 radical (unpaired) electrons. The molecule has 0 aliphatic heterocycles. The molecule has 78 valence electrons. The summed E-state index contributed by atoms with van der Waals surface area (Å²) in [7, 11) is 1.80. The van der Waals surface area contributed by atoms with E-state index in [0.717, 1.165) is 5.69 Å². The third-order valence-electron chi connectivity index (χ3n) is 2.24. The second-order valence-corrected chi connectivity index (χ2v) is 3.21. The second kappa shape index (κ2) is 3.56. The van der Waals surface area contributed by atoms with E-state index in [1.54, 1.807) is 30.3 Å². The lowest BCUT2D eigenvalue weighted by Crippen LogP contribution is -2.12. The van der Waals surface area contributed by atoms with E-state index < -0.39 is 0 Å². The van der Waals surface area contributed by atoms with Crippen LogP contribution in [0.3, 0.4) is 0 Å². The summed E-state index contributed by atoms with van der Waals surface area (Å²) >= 11 is 0. The number of aryl methyl sites for hydroxylation is 1. The summed E-state index contributed by atoms with van der Waals surface area (Å²) in [5.74, 6) is -0.179. The molecule has 0 bridgehead atoms. The summed E-state index contributed by atoms with van der Waals surface area (Å²) in [5.41, 5.74) is 2.04. The predicted octanol–water partition coefficient (Wildman–Crippen LogP) is 0.704. The van der Waals surface area contributed by atoms with E-state index >= 15 is 0 Å². The molecule has 6 nitrogen and oxygen atoms in total. The smallest absolute Gasteiger partial charge is 0.259 e. The average molecular weight is 205 g/mol. The van der Waals surface area contributed by atoms with Crippen molar-refractivity contribution >= 4 is 11.6 Å². The second-order valence-electron chi connectivity index (χ2n) is 3.21. The fraction of sp³-hybridized carbons (Fsp3) is 0.222. The molecular weight excluding hydrogens is 194 g/mol. The highest BCUT2D eigenvalue weighted by Gasteiger charge is 2.12. The standard InChI is InChI=1S/C9H11N5O/c1-6-8(5-12-14(6)2)9(15)13-7-3-10-11-4-7/h3-5H,1-2H3,(H,10,11)(H,13,15). The Morgan fingerprint density at radius 3 is 2.87 bits per heavy atom.